The zero-order valence-corrected chi connectivity index (χ0v) is 13.8. The lowest BCUT2D eigenvalue weighted by molar-refractivity contribution is 0.103. The fourth-order valence-electron chi connectivity index (χ4n) is 2.88. The number of nitrogens with zero attached hydrogens (tertiary/aromatic N) is 1. The van der Waals surface area contributed by atoms with Crippen LogP contribution in [0, 0.1) is 25.5 Å². The van der Waals surface area contributed by atoms with Crippen molar-refractivity contribution in [3.05, 3.63) is 82.5 Å². The molecule has 5 heteroatoms. The van der Waals surface area contributed by atoms with Gasteiger partial charge in [0.15, 0.2) is 5.78 Å². The molecule has 0 bridgehead atoms. The highest BCUT2D eigenvalue weighted by Gasteiger charge is 2.20. The third kappa shape index (κ3) is 3.01. The van der Waals surface area contributed by atoms with E-state index in [1.165, 1.54) is 12.3 Å². The quantitative estimate of drug-likeness (QED) is 0.718. The highest BCUT2D eigenvalue weighted by atomic mass is 19.1. The van der Waals surface area contributed by atoms with Crippen LogP contribution in [0.2, 0.25) is 0 Å². The fourth-order valence-corrected chi connectivity index (χ4v) is 2.88. The first kappa shape index (κ1) is 16.8. The van der Waals surface area contributed by atoms with Gasteiger partial charge in [-0.2, -0.15) is 0 Å². The van der Waals surface area contributed by atoms with Crippen LogP contribution in [-0.2, 0) is 0 Å². The van der Waals surface area contributed by atoms with E-state index in [0.717, 1.165) is 28.8 Å². The zero-order valence-electron chi connectivity index (χ0n) is 13.8. The molecule has 126 valence electrons. The van der Waals surface area contributed by atoms with Crippen LogP contribution in [0.3, 0.4) is 0 Å². The van der Waals surface area contributed by atoms with Gasteiger partial charge in [-0.25, -0.2) is 8.78 Å². The number of nitrogen functional groups attached to an aromatic ring is 1. The van der Waals surface area contributed by atoms with Crippen molar-refractivity contribution in [2.45, 2.75) is 13.8 Å². The van der Waals surface area contributed by atoms with Gasteiger partial charge >= 0.3 is 0 Å². The highest BCUT2D eigenvalue weighted by molar-refractivity contribution is 6.13. The summed E-state index contributed by atoms with van der Waals surface area (Å²) in [5, 5.41) is 0. The number of aromatic nitrogens is 1. The third-order valence-corrected chi connectivity index (χ3v) is 4.13. The number of ketones is 1. The Hall–Kier alpha value is -3.08. The van der Waals surface area contributed by atoms with Crippen LogP contribution in [0.1, 0.15) is 27.0 Å². The SMILES string of the molecule is Cc1cccc(C)c1-c1nccc(C(=O)c2ccc(F)cc2F)c1N. The van der Waals surface area contributed by atoms with Gasteiger partial charge in [-0.05, 0) is 43.2 Å². The van der Waals surface area contributed by atoms with Gasteiger partial charge in [0.1, 0.15) is 11.6 Å². The number of hydrogen-bond acceptors (Lipinski definition) is 3. The summed E-state index contributed by atoms with van der Waals surface area (Å²) in [6.07, 6.45) is 1.46. The lowest BCUT2D eigenvalue weighted by atomic mass is 9.95. The minimum Gasteiger partial charge on any atom is -0.396 e. The van der Waals surface area contributed by atoms with Crippen molar-refractivity contribution in [3.8, 4) is 11.3 Å². The van der Waals surface area contributed by atoms with Gasteiger partial charge in [-0.15, -0.1) is 0 Å². The third-order valence-electron chi connectivity index (χ3n) is 4.13. The van der Waals surface area contributed by atoms with E-state index < -0.39 is 17.4 Å². The van der Waals surface area contributed by atoms with Crippen molar-refractivity contribution in [3.63, 3.8) is 0 Å². The van der Waals surface area contributed by atoms with E-state index in [1.54, 1.807) is 0 Å². The Morgan fingerprint density at radius 3 is 2.32 bits per heavy atom. The monoisotopic (exact) mass is 338 g/mol. The molecule has 3 aromatic rings. The van der Waals surface area contributed by atoms with E-state index in [4.69, 9.17) is 5.73 Å². The number of nitrogens with two attached hydrogens (primary N) is 1. The summed E-state index contributed by atoms with van der Waals surface area (Å²) in [7, 11) is 0. The van der Waals surface area contributed by atoms with Crippen molar-refractivity contribution in [2.24, 2.45) is 0 Å². The first-order valence-electron chi connectivity index (χ1n) is 7.71. The minimum absolute atomic E-state index is 0.137. The summed E-state index contributed by atoms with van der Waals surface area (Å²) in [6.45, 7) is 3.86. The number of carbonyl (C=O) groups is 1. The molecule has 3 rings (SSSR count). The van der Waals surface area contributed by atoms with E-state index in [1.807, 2.05) is 32.0 Å². The average Bonchev–Trinajstić information content (AvgIpc) is 2.55. The van der Waals surface area contributed by atoms with Crippen LogP contribution in [0.4, 0.5) is 14.5 Å². The molecule has 0 saturated heterocycles. The number of hydrogen-bond donors (Lipinski definition) is 1. The largest absolute Gasteiger partial charge is 0.396 e. The van der Waals surface area contributed by atoms with Gasteiger partial charge in [0.25, 0.3) is 0 Å². The molecule has 3 nitrogen and oxygen atoms in total. The molecule has 0 saturated carbocycles. The Kier molecular flexibility index (Phi) is 4.31. The molecule has 2 N–H and O–H groups in total. The summed E-state index contributed by atoms with van der Waals surface area (Å²) in [4.78, 5) is 17.0. The maximum Gasteiger partial charge on any atom is 0.198 e. The van der Waals surface area contributed by atoms with E-state index in [-0.39, 0.29) is 16.8 Å². The zero-order chi connectivity index (χ0) is 18.1. The molecule has 0 unspecified atom stereocenters. The molecular weight excluding hydrogens is 322 g/mol. The second kappa shape index (κ2) is 6.43. The van der Waals surface area contributed by atoms with Gasteiger partial charge in [-0.1, -0.05) is 18.2 Å². The normalized spacial score (nSPS) is 10.7. The molecule has 0 aliphatic heterocycles. The standard InChI is InChI=1S/C20H16F2N2O/c1-11-4-3-5-12(2)17(11)19-18(23)15(8-9-24-19)20(25)14-7-6-13(21)10-16(14)22/h3-10H,23H2,1-2H3. The Morgan fingerprint density at radius 2 is 1.68 bits per heavy atom. The van der Waals surface area contributed by atoms with E-state index >= 15 is 0 Å². The molecule has 0 radical (unpaired) electrons. The number of rotatable bonds is 3. The Labute approximate surface area is 144 Å². The molecule has 2 aromatic carbocycles. The second-order valence-electron chi connectivity index (χ2n) is 5.84. The highest BCUT2D eigenvalue weighted by Crippen LogP contribution is 2.32. The molecular formula is C20H16F2N2O. The topological polar surface area (TPSA) is 56.0 Å². The Balaban J connectivity index is 2.15. The van der Waals surface area contributed by atoms with E-state index in [9.17, 15) is 13.6 Å². The number of pyridine rings is 1. The van der Waals surface area contributed by atoms with Crippen molar-refractivity contribution < 1.29 is 13.6 Å². The van der Waals surface area contributed by atoms with Crippen molar-refractivity contribution in [2.75, 3.05) is 5.73 Å². The van der Waals surface area contributed by atoms with Gasteiger partial charge in [-0.3, -0.25) is 9.78 Å². The lowest BCUT2D eigenvalue weighted by Crippen LogP contribution is -2.10. The van der Waals surface area contributed by atoms with Crippen molar-refractivity contribution in [1.29, 1.82) is 0 Å². The first-order chi connectivity index (χ1) is 11.9. The minimum atomic E-state index is -0.921. The Morgan fingerprint density at radius 1 is 1.00 bits per heavy atom. The van der Waals surface area contributed by atoms with Crippen molar-refractivity contribution in [1.82, 2.24) is 4.98 Å². The summed E-state index contributed by atoms with van der Waals surface area (Å²) in [5.41, 5.74) is 9.53. The second-order valence-corrected chi connectivity index (χ2v) is 5.84. The lowest BCUT2D eigenvalue weighted by Gasteiger charge is -2.14. The summed E-state index contributed by atoms with van der Waals surface area (Å²) in [5.74, 6) is -2.27. The van der Waals surface area contributed by atoms with Gasteiger partial charge in [0.2, 0.25) is 0 Å². The van der Waals surface area contributed by atoms with Gasteiger partial charge < -0.3 is 5.73 Å². The number of anilines is 1. The molecule has 0 atom stereocenters. The smallest absolute Gasteiger partial charge is 0.198 e. The number of aryl methyl sites for hydroxylation is 2. The molecule has 0 fully saturated rings. The fraction of sp³-hybridized carbons (Fsp3) is 0.100. The number of halogens is 2. The van der Waals surface area contributed by atoms with Crippen LogP contribution in [0.5, 0.6) is 0 Å². The molecule has 0 spiro atoms. The van der Waals surface area contributed by atoms with Crippen LogP contribution in [-0.4, -0.2) is 10.8 Å². The van der Waals surface area contributed by atoms with Gasteiger partial charge in [0, 0.05) is 23.4 Å². The molecule has 0 aliphatic rings. The molecule has 1 aromatic heterocycles. The molecule has 25 heavy (non-hydrogen) atoms. The van der Waals surface area contributed by atoms with Gasteiger partial charge in [0.05, 0.1) is 16.9 Å². The maximum absolute atomic E-state index is 14.0. The first-order valence-corrected chi connectivity index (χ1v) is 7.71. The van der Waals surface area contributed by atoms with Crippen LogP contribution in [0.25, 0.3) is 11.3 Å². The maximum atomic E-state index is 14.0. The summed E-state index contributed by atoms with van der Waals surface area (Å²) >= 11 is 0. The number of benzene rings is 2. The van der Waals surface area contributed by atoms with Crippen molar-refractivity contribution >= 4 is 11.5 Å². The summed E-state index contributed by atoms with van der Waals surface area (Å²) < 4.78 is 27.0. The Bertz CT molecular complexity index is 963. The van der Waals surface area contributed by atoms with Crippen LogP contribution < -0.4 is 5.73 Å². The average molecular weight is 338 g/mol. The van der Waals surface area contributed by atoms with E-state index in [0.29, 0.717) is 11.8 Å². The predicted molar refractivity (Wildman–Crippen MR) is 93.3 cm³/mol. The van der Waals surface area contributed by atoms with E-state index in [2.05, 4.69) is 4.98 Å². The molecule has 0 aliphatic carbocycles. The molecule has 0 amide bonds. The van der Waals surface area contributed by atoms with Crippen LogP contribution >= 0.6 is 0 Å². The summed E-state index contributed by atoms with van der Waals surface area (Å²) in [6, 6.07) is 10.1. The predicted octanol–water partition coefficient (Wildman–Crippen LogP) is 4.46. The van der Waals surface area contributed by atoms with Crippen LogP contribution in [0.15, 0.2) is 48.7 Å². The molecule has 1 heterocycles. The number of carbonyl (C=O) groups excluding carboxylic acids is 1.